The molecule has 1 fully saturated rings. The van der Waals surface area contributed by atoms with E-state index in [1.165, 1.54) is 41.6 Å². The monoisotopic (exact) mass is 497 g/mol. The second kappa shape index (κ2) is 10.4. The van der Waals surface area contributed by atoms with Gasteiger partial charge in [0.15, 0.2) is 0 Å². The summed E-state index contributed by atoms with van der Waals surface area (Å²) in [4.78, 5) is 26.9. The summed E-state index contributed by atoms with van der Waals surface area (Å²) in [5.74, 6) is -0.713. The van der Waals surface area contributed by atoms with Crippen molar-refractivity contribution < 1.29 is 27.5 Å². The number of anilines is 1. The van der Waals surface area contributed by atoms with Crippen LogP contribution in [0.2, 0.25) is 0 Å². The van der Waals surface area contributed by atoms with Crippen LogP contribution in [-0.2, 0) is 19.6 Å². The lowest BCUT2D eigenvalue weighted by atomic mass is 10.1. The predicted molar refractivity (Wildman–Crippen MR) is 132 cm³/mol. The largest absolute Gasteiger partial charge is 0.495 e. The zero-order chi connectivity index (χ0) is 25.0. The van der Waals surface area contributed by atoms with Crippen LogP contribution in [0.3, 0.4) is 0 Å². The maximum absolute atomic E-state index is 13.2. The smallest absolute Gasteiger partial charge is 0.254 e. The number of nitrogens with zero attached hydrogens (tertiary/aromatic N) is 2. The van der Waals surface area contributed by atoms with Crippen LogP contribution in [0.15, 0.2) is 65.6 Å². The number of fused-ring (bicyclic) bond motifs is 1. The molecule has 0 aromatic heterocycles. The number of morpholine rings is 1. The number of nitrogens with one attached hydrogen (secondary N) is 1. The number of amides is 2. The van der Waals surface area contributed by atoms with Gasteiger partial charge in [-0.1, -0.05) is 36.4 Å². The van der Waals surface area contributed by atoms with Gasteiger partial charge in [-0.3, -0.25) is 9.59 Å². The molecule has 9 nitrogen and oxygen atoms in total. The first-order chi connectivity index (χ1) is 16.8. The molecule has 0 unspecified atom stereocenters. The Labute approximate surface area is 204 Å². The second-order valence-corrected chi connectivity index (χ2v) is 10.0. The zero-order valence-electron chi connectivity index (χ0n) is 19.6. The molecule has 3 aromatic rings. The van der Waals surface area contributed by atoms with Gasteiger partial charge in [0.25, 0.3) is 5.91 Å². The van der Waals surface area contributed by atoms with Crippen LogP contribution < -0.4 is 10.1 Å². The van der Waals surface area contributed by atoms with Gasteiger partial charge in [0.1, 0.15) is 10.6 Å². The van der Waals surface area contributed by atoms with E-state index in [-0.39, 0.29) is 41.7 Å². The fraction of sp³-hybridized carbons (Fsp3) is 0.280. The van der Waals surface area contributed by atoms with Gasteiger partial charge in [-0.25, -0.2) is 8.42 Å². The quantitative estimate of drug-likeness (QED) is 0.538. The van der Waals surface area contributed by atoms with Crippen molar-refractivity contribution in [3.63, 3.8) is 0 Å². The molecule has 0 atom stereocenters. The minimum absolute atomic E-state index is 0.0960. The van der Waals surface area contributed by atoms with Gasteiger partial charge >= 0.3 is 0 Å². The average Bonchev–Trinajstić information content (AvgIpc) is 2.88. The first-order valence-corrected chi connectivity index (χ1v) is 12.5. The molecule has 1 aliphatic rings. The highest BCUT2D eigenvalue weighted by atomic mass is 32.2. The second-order valence-electron chi connectivity index (χ2n) is 8.12. The van der Waals surface area contributed by atoms with Crippen LogP contribution in [0.4, 0.5) is 5.69 Å². The highest BCUT2D eigenvalue weighted by Crippen LogP contribution is 2.29. The summed E-state index contributed by atoms with van der Waals surface area (Å²) in [6.07, 6.45) is 0. The normalized spacial score (nSPS) is 14.5. The summed E-state index contributed by atoms with van der Waals surface area (Å²) >= 11 is 0. The molecular weight excluding hydrogens is 470 g/mol. The summed E-state index contributed by atoms with van der Waals surface area (Å²) in [5, 5.41) is 4.73. The molecule has 3 aromatic carbocycles. The van der Waals surface area contributed by atoms with Crippen molar-refractivity contribution >= 4 is 38.3 Å². The molecule has 1 saturated heterocycles. The van der Waals surface area contributed by atoms with Crippen LogP contribution in [0, 0.1) is 0 Å². The van der Waals surface area contributed by atoms with Gasteiger partial charge in [-0.2, -0.15) is 4.31 Å². The summed E-state index contributed by atoms with van der Waals surface area (Å²) < 4.78 is 38.2. The standard InChI is InChI=1S/C25H27N3O6S/c1-27(17-24(29)26-21-9-5-7-18-6-3-4-8-20(18)21)25(30)19-10-11-22(33-2)23(16-19)35(31,32)28-12-14-34-15-13-28/h3-11,16H,12-15,17H2,1-2H3,(H,26,29). The molecule has 1 N–H and O–H groups in total. The molecule has 35 heavy (non-hydrogen) atoms. The lowest BCUT2D eigenvalue weighted by molar-refractivity contribution is -0.116. The number of carbonyl (C=O) groups is 2. The van der Waals surface area contributed by atoms with Gasteiger partial charge < -0.3 is 19.7 Å². The SMILES string of the molecule is COc1ccc(C(=O)N(C)CC(=O)Nc2cccc3ccccc23)cc1S(=O)(=O)N1CCOCC1. The maximum Gasteiger partial charge on any atom is 0.254 e. The fourth-order valence-corrected chi connectivity index (χ4v) is 5.56. The molecule has 0 saturated carbocycles. The van der Waals surface area contributed by atoms with E-state index in [0.717, 1.165) is 10.8 Å². The van der Waals surface area contributed by atoms with Gasteiger partial charge in [-0.15, -0.1) is 0 Å². The zero-order valence-corrected chi connectivity index (χ0v) is 20.4. The lowest BCUT2D eigenvalue weighted by Crippen LogP contribution is -2.40. The van der Waals surface area contributed by atoms with Crippen molar-refractivity contribution in [1.82, 2.24) is 9.21 Å². The van der Waals surface area contributed by atoms with Gasteiger partial charge in [0, 0.05) is 36.8 Å². The number of carbonyl (C=O) groups excluding carboxylic acids is 2. The fourth-order valence-electron chi connectivity index (χ4n) is 3.97. The molecule has 2 amide bonds. The molecule has 4 rings (SSSR count). The van der Waals surface area contributed by atoms with E-state index in [1.54, 1.807) is 6.07 Å². The Kier molecular flexibility index (Phi) is 7.34. The Morgan fingerprint density at radius 2 is 1.77 bits per heavy atom. The predicted octanol–water partition coefficient (Wildman–Crippen LogP) is 2.58. The van der Waals surface area contributed by atoms with Crippen molar-refractivity contribution in [2.24, 2.45) is 0 Å². The Balaban J connectivity index is 1.51. The van der Waals surface area contributed by atoms with Crippen LogP contribution in [0.1, 0.15) is 10.4 Å². The number of likely N-dealkylation sites (N-methyl/N-ethyl adjacent to an activating group) is 1. The van der Waals surface area contributed by atoms with Crippen molar-refractivity contribution in [3.8, 4) is 5.75 Å². The first kappa shape index (κ1) is 24.6. The highest BCUT2D eigenvalue weighted by Gasteiger charge is 2.30. The summed E-state index contributed by atoms with van der Waals surface area (Å²) in [6.45, 7) is 0.832. The first-order valence-electron chi connectivity index (χ1n) is 11.1. The van der Waals surface area contributed by atoms with E-state index < -0.39 is 15.9 Å². The summed E-state index contributed by atoms with van der Waals surface area (Å²) in [6, 6.07) is 17.5. The summed E-state index contributed by atoms with van der Waals surface area (Å²) in [5.41, 5.74) is 0.787. The van der Waals surface area contributed by atoms with E-state index in [1.807, 2.05) is 36.4 Å². The topological polar surface area (TPSA) is 105 Å². The van der Waals surface area contributed by atoms with Crippen molar-refractivity contribution in [2.45, 2.75) is 4.90 Å². The number of rotatable bonds is 7. The molecule has 1 heterocycles. The minimum atomic E-state index is -3.89. The van der Waals surface area contributed by atoms with Crippen molar-refractivity contribution in [2.75, 3.05) is 52.3 Å². The Hall–Kier alpha value is -3.47. The summed E-state index contributed by atoms with van der Waals surface area (Å²) in [7, 11) is -1.03. The minimum Gasteiger partial charge on any atom is -0.495 e. The third kappa shape index (κ3) is 5.29. The average molecular weight is 498 g/mol. The van der Waals surface area contributed by atoms with E-state index in [9.17, 15) is 18.0 Å². The molecule has 184 valence electrons. The van der Waals surface area contributed by atoms with Crippen molar-refractivity contribution in [1.29, 1.82) is 0 Å². The number of ether oxygens (including phenoxy) is 2. The lowest BCUT2D eigenvalue weighted by Gasteiger charge is -2.27. The number of sulfonamides is 1. The Morgan fingerprint density at radius 1 is 1.06 bits per heavy atom. The van der Waals surface area contributed by atoms with E-state index in [0.29, 0.717) is 18.9 Å². The molecule has 0 bridgehead atoms. The third-order valence-corrected chi connectivity index (χ3v) is 7.71. The van der Waals surface area contributed by atoms with Crippen molar-refractivity contribution in [3.05, 3.63) is 66.2 Å². The van der Waals surface area contributed by atoms with Gasteiger partial charge in [0.05, 0.1) is 26.9 Å². The van der Waals surface area contributed by atoms with Crippen LogP contribution >= 0.6 is 0 Å². The number of hydrogen-bond acceptors (Lipinski definition) is 6. The molecule has 0 spiro atoms. The third-order valence-electron chi connectivity index (χ3n) is 5.79. The molecule has 0 radical (unpaired) electrons. The number of hydrogen-bond donors (Lipinski definition) is 1. The number of benzene rings is 3. The van der Waals surface area contributed by atoms with Crippen LogP contribution in [0.5, 0.6) is 5.75 Å². The van der Waals surface area contributed by atoms with E-state index >= 15 is 0 Å². The molecule has 1 aliphatic heterocycles. The molecule has 10 heteroatoms. The Morgan fingerprint density at radius 3 is 2.51 bits per heavy atom. The molecule has 0 aliphatic carbocycles. The molecular formula is C25H27N3O6S. The van der Waals surface area contributed by atoms with Gasteiger partial charge in [-0.05, 0) is 29.7 Å². The number of methoxy groups -OCH3 is 1. The van der Waals surface area contributed by atoms with E-state index in [2.05, 4.69) is 5.32 Å². The van der Waals surface area contributed by atoms with Crippen LogP contribution in [-0.4, -0.2) is 76.4 Å². The highest BCUT2D eigenvalue weighted by molar-refractivity contribution is 7.89. The maximum atomic E-state index is 13.2. The Bertz CT molecular complexity index is 1350. The van der Waals surface area contributed by atoms with Gasteiger partial charge in [0.2, 0.25) is 15.9 Å². The van der Waals surface area contributed by atoms with Crippen LogP contribution in [0.25, 0.3) is 10.8 Å². The van der Waals surface area contributed by atoms with E-state index in [4.69, 9.17) is 9.47 Å².